The van der Waals surface area contributed by atoms with Crippen molar-refractivity contribution in [3.05, 3.63) is 52.1 Å². The van der Waals surface area contributed by atoms with Gasteiger partial charge in [0.05, 0.1) is 22.9 Å². The van der Waals surface area contributed by atoms with E-state index in [1.807, 2.05) is 0 Å². The number of aliphatic hydroxyl groups excluding tert-OH is 1. The summed E-state index contributed by atoms with van der Waals surface area (Å²) in [5.41, 5.74) is 6.49. The molecule has 0 atom stereocenters. The molecule has 30 heavy (non-hydrogen) atoms. The number of anilines is 1. The number of amides is 2. The van der Waals surface area contributed by atoms with Gasteiger partial charge in [-0.3, -0.25) is 19.3 Å². The molecule has 2 amide bonds. The van der Waals surface area contributed by atoms with E-state index in [1.165, 1.54) is 27.7 Å². The number of primary amides is 1. The molecule has 160 valence electrons. The number of aliphatic hydroxyl groups is 1. The Bertz CT molecular complexity index is 1070. The fourth-order valence-corrected chi connectivity index (χ4v) is 4.45. The van der Waals surface area contributed by atoms with Crippen LogP contribution in [0.15, 0.2) is 18.2 Å². The fourth-order valence-electron chi connectivity index (χ4n) is 4.45. The van der Waals surface area contributed by atoms with Crippen molar-refractivity contribution in [2.75, 3.05) is 4.90 Å². The maximum absolute atomic E-state index is 13.8. The van der Waals surface area contributed by atoms with E-state index in [0.29, 0.717) is 35.3 Å². The molecule has 3 rings (SSSR count). The third-order valence-electron chi connectivity index (χ3n) is 6.08. The van der Waals surface area contributed by atoms with E-state index in [2.05, 4.69) is 0 Å². The van der Waals surface area contributed by atoms with Crippen LogP contribution in [0, 0.1) is 26.6 Å². The molecule has 0 saturated heterocycles. The predicted octanol–water partition coefficient (Wildman–Crippen LogP) is 2.32. The number of aromatic nitrogens is 1. The van der Waals surface area contributed by atoms with Crippen molar-refractivity contribution in [3.63, 3.8) is 0 Å². The van der Waals surface area contributed by atoms with E-state index in [0.717, 1.165) is 0 Å². The zero-order valence-corrected chi connectivity index (χ0v) is 17.7. The maximum Gasteiger partial charge on any atom is 0.301 e. The summed E-state index contributed by atoms with van der Waals surface area (Å²) in [5.74, 6) is -2.70. The summed E-state index contributed by atoms with van der Waals surface area (Å²) >= 11 is 0. The summed E-state index contributed by atoms with van der Waals surface area (Å²) in [6.45, 7) is 6.58. The number of benzene rings is 1. The molecule has 3 N–H and O–H groups in total. The predicted molar refractivity (Wildman–Crippen MR) is 110 cm³/mol. The van der Waals surface area contributed by atoms with Crippen LogP contribution in [0.25, 0.3) is 0 Å². The Kier molecular flexibility index (Phi) is 5.32. The van der Waals surface area contributed by atoms with Crippen LogP contribution in [0.5, 0.6) is 0 Å². The molecule has 1 saturated carbocycles. The molecule has 0 aliphatic heterocycles. The van der Waals surface area contributed by atoms with Crippen LogP contribution in [0.1, 0.15) is 57.4 Å². The number of carbonyl (C=O) groups is 3. The number of nitrogens with two attached hydrogens (primary N) is 1. The van der Waals surface area contributed by atoms with E-state index in [1.54, 1.807) is 34.7 Å². The highest BCUT2D eigenvalue weighted by atomic mass is 19.1. The van der Waals surface area contributed by atoms with Crippen LogP contribution in [0.4, 0.5) is 10.1 Å². The SMILES string of the molecule is Cc1cc(N(C(=O)C(=O)c2c(C)c(C(N)=O)c(C)n2C)C2(C)CC(O)C2)ccc1F. The molecular formula is C22H26FN3O4. The lowest BCUT2D eigenvalue weighted by molar-refractivity contribution is -0.117. The average Bonchev–Trinajstić information content (AvgIpc) is 2.85. The largest absolute Gasteiger partial charge is 0.393 e. The zero-order chi connectivity index (χ0) is 22.5. The van der Waals surface area contributed by atoms with E-state index in [4.69, 9.17) is 5.73 Å². The first-order valence-corrected chi connectivity index (χ1v) is 9.68. The molecular weight excluding hydrogens is 389 g/mol. The molecule has 0 spiro atoms. The molecule has 1 heterocycles. The maximum atomic E-state index is 13.8. The lowest BCUT2D eigenvalue weighted by atomic mass is 9.74. The van der Waals surface area contributed by atoms with Crippen LogP contribution >= 0.6 is 0 Å². The molecule has 0 radical (unpaired) electrons. The highest BCUT2D eigenvalue weighted by Gasteiger charge is 2.49. The van der Waals surface area contributed by atoms with Gasteiger partial charge in [0.2, 0.25) is 0 Å². The highest BCUT2D eigenvalue weighted by molar-refractivity contribution is 6.47. The Labute approximate surface area is 174 Å². The van der Waals surface area contributed by atoms with Crippen molar-refractivity contribution in [2.45, 2.75) is 52.2 Å². The summed E-state index contributed by atoms with van der Waals surface area (Å²) in [6.07, 6.45) is 0.00250. The van der Waals surface area contributed by atoms with Gasteiger partial charge >= 0.3 is 5.91 Å². The first-order chi connectivity index (χ1) is 13.9. The molecule has 0 bridgehead atoms. The number of nitrogens with zero attached hydrogens (tertiary/aromatic N) is 2. The van der Waals surface area contributed by atoms with E-state index in [9.17, 15) is 23.9 Å². The van der Waals surface area contributed by atoms with Crippen LogP contribution in [-0.2, 0) is 11.8 Å². The Balaban J connectivity index is 2.10. The van der Waals surface area contributed by atoms with E-state index < -0.39 is 35.1 Å². The number of ketones is 1. The third-order valence-corrected chi connectivity index (χ3v) is 6.08. The molecule has 1 aromatic carbocycles. The Morgan fingerprint density at radius 2 is 1.83 bits per heavy atom. The van der Waals surface area contributed by atoms with Crippen molar-refractivity contribution in [1.82, 2.24) is 4.57 Å². The highest BCUT2D eigenvalue weighted by Crippen LogP contribution is 2.41. The Morgan fingerprint density at radius 1 is 1.23 bits per heavy atom. The van der Waals surface area contributed by atoms with Gasteiger partial charge in [-0.15, -0.1) is 0 Å². The van der Waals surface area contributed by atoms with Crippen LogP contribution in [0.2, 0.25) is 0 Å². The summed E-state index contributed by atoms with van der Waals surface area (Å²) in [6, 6.07) is 4.20. The van der Waals surface area contributed by atoms with Gasteiger partial charge in [0.25, 0.3) is 11.7 Å². The van der Waals surface area contributed by atoms with Crippen molar-refractivity contribution < 1.29 is 23.9 Å². The lowest BCUT2D eigenvalue weighted by Crippen LogP contribution is -2.61. The van der Waals surface area contributed by atoms with Crippen molar-refractivity contribution >= 4 is 23.3 Å². The third kappa shape index (κ3) is 3.31. The zero-order valence-electron chi connectivity index (χ0n) is 17.7. The van der Waals surface area contributed by atoms with Gasteiger partial charge in [0, 0.05) is 18.4 Å². The van der Waals surface area contributed by atoms with Gasteiger partial charge in [-0.25, -0.2) is 4.39 Å². The number of carbonyl (C=O) groups excluding carboxylic acids is 3. The number of rotatable bonds is 5. The van der Waals surface area contributed by atoms with Crippen LogP contribution in [0.3, 0.4) is 0 Å². The Morgan fingerprint density at radius 3 is 2.30 bits per heavy atom. The minimum absolute atomic E-state index is 0.0820. The molecule has 0 unspecified atom stereocenters. The summed E-state index contributed by atoms with van der Waals surface area (Å²) in [5, 5.41) is 9.87. The van der Waals surface area contributed by atoms with Crippen LogP contribution in [-0.4, -0.2) is 38.9 Å². The van der Waals surface area contributed by atoms with Crippen molar-refractivity contribution in [2.24, 2.45) is 12.8 Å². The normalized spacial score (nSPS) is 20.6. The number of hydrogen-bond acceptors (Lipinski definition) is 4. The quantitative estimate of drug-likeness (QED) is 0.577. The number of halogens is 1. The number of aryl methyl sites for hydroxylation is 1. The average molecular weight is 415 g/mol. The second-order valence-electron chi connectivity index (χ2n) is 8.32. The Hall–Kier alpha value is -3.00. The fraction of sp³-hybridized carbons (Fsp3) is 0.409. The van der Waals surface area contributed by atoms with Gasteiger partial charge in [-0.1, -0.05) is 0 Å². The minimum Gasteiger partial charge on any atom is -0.393 e. The van der Waals surface area contributed by atoms with Gasteiger partial charge in [-0.2, -0.15) is 0 Å². The summed E-state index contributed by atoms with van der Waals surface area (Å²) in [7, 11) is 1.59. The summed E-state index contributed by atoms with van der Waals surface area (Å²) < 4.78 is 15.3. The first-order valence-electron chi connectivity index (χ1n) is 9.68. The molecule has 1 aromatic heterocycles. The molecule has 1 aliphatic rings. The molecule has 2 aromatic rings. The number of Topliss-reactive ketones (excluding diaryl/α,β-unsaturated/α-hetero) is 1. The number of hydrogen-bond donors (Lipinski definition) is 2. The minimum atomic E-state index is -0.810. The smallest absolute Gasteiger partial charge is 0.301 e. The first kappa shape index (κ1) is 21.7. The van der Waals surface area contributed by atoms with E-state index >= 15 is 0 Å². The lowest BCUT2D eigenvalue weighted by Gasteiger charge is -2.50. The van der Waals surface area contributed by atoms with Crippen molar-refractivity contribution in [3.8, 4) is 0 Å². The molecule has 8 heteroatoms. The van der Waals surface area contributed by atoms with E-state index in [-0.39, 0.29) is 11.3 Å². The molecule has 1 fully saturated rings. The van der Waals surface area contributed by atoms with Gasteiger partial charge in [0.1, 0.15) is 5.82 Å². The topological polar surface area (TPSA) is 106 Å². The standard InChI is InChI=1S/C22H26FN3O4/c1-11-8-14(6-7-16(11)23)26(22(4)9-15(27)10-22)21(30)19(28)18-12(2)17(20(24)29)13(3)25(18)5/h6-8,15,27H,9-10H2,1-5H3,(H2,24,29). The summed E-state index contributed by atoms with van der Waals surface area (Å²) in [4.78, 5) is 39.9. The van der Waals surface area contributed by atoms with Gasteiger partial charge in [0.15, 0.2) is 0 Å². The van der Waals surface area contributed by atoms with Crippen LogP contribution < -0.4 is 10.6 Å². The molecule has 1 aliphatic carbocycles. The van der Waals surface area contributed by atoms with Gasteiger partial charge in [-0.05, 0) is 69.9 Å². The second-order valence-corrected chi connectivity index (χ2v) is 8.32. The second kappa shape index (κ2) is 7.36. The molecule has 7 nitrogen and oxygen atoms in total. The van der Waals surface area contributed by atoms with Gasteiger partial charge < -0.3 is 15.4 Å². The van der Waals surface area contributed by atoms with Crippen molar-refractivity contribution in [1.29, 1.82) is 0 Å². The monoisotopic (exact) mass is 415 g/mol.